The van der Waals surface area contributed by atoms with Gasteiger partial charge >= 0.3 is 0 Å². The Kier molecular flexibility index (Phi) is 4.75. The zero-order valence-corrected chi connectivity index (χ0v) is 14.2. The fraction of sp³-hybridized carbons (Fsp3) is 0.333. The van der Waals surface area contributed by atoms with Crippen LogP contribution in [0, 0.1) is 0 Å². The third-order valence-electron chi connectivity index (χ3n) is 3.86. The molecular formula is C15H18Cl2N6. The minimum absolute atomic E-state index is 0.219. The van der Waals surface area contributed by atoms with Crippen LogP contribution >= 0.6 is 23.2 Å². The van der Waals surface area contributed by atoms with Gasteiger partial charge in [-0.1, -0.05) is 29.3 Å². The SMILES string of the molecule is CN[C@@H]1CCN(c2cc(Nc3cccc(Cl)c3Cl)nc(N)n2)C1. The van der Waals surface area contributed by atoms with Crippen molar-refractivity contribution >= 4 is 46.5 Å². The van der Waals surface area contributed by atoms with Crippen LogP contribution in [0.15, 0.2) is 24.3 Å². The van der Waals surface area contributed by atoms with Crippen molar-refractivity contribution in [3.63, 3.8) is 0 Å². The van der Waals surface area contributed by atoms with Gasteiger partial charge in [-0.2, -0.15) is 9.97 Å². The molecule has 3 rings (SSSR count). The Balaban J connectivity index is 1.85. The number of hydrogen-bond acceptors (Lipinski definition) is 6. The molecule has 4 N–H and O–H groups in total. The summed E-state index contributed by atoms with van der Waals surface area (Å²) >= 11 is 12.2. The zero-order chi connectivity index (χ0) is 16.4. The minimum atomic E-state index is 0.219. The first-order chi connectivity index (χ1) is 11.1. The Morgan fingerprint density at radius 2 is 2.13 bits per heavy atom. The highest BCUT2D eigenvalue weighted by molar-refractivity contribution is 6.43. The molecule has 0 unspecified atom stereocenters. The van der Waals surface area contributed by atoms with Crippen molar-refractivity contribution in [2.75, 3.05) is 36.1 Å². The maximum Gasteiger partial charge on any atom is 0.223 e. The van der Waals surface area contributed by atoms with E-state index in [4.69, 9.17) is 28.9 Å². The molecule has 1 atom stereocenters. The van der Waals surface area contributed by atoms with Crippen LogP contribution in [0.3, 0.4) is 0 Å². The lowest BCUT2D eigenvalue weighted by atomic mass is 10.3. The molecule has 122 valence electrons. The van der Waals surface area contributed by atoms with Crippen molar-refractivity contribution in [1.82, 2.24) is 15.3 Å². The zero-order valence-electron chi connectivity index (χ0n) is 12.7. The monoisotopic (exact) mass is 352 g/mol. The van der Waals surface area contributed by atoms with Crippen molar-refractivity contribution in [2.24, 2.45) is 0 Å². The first kappa shape index (κ1) is 16.1. The van der Waals surface area contributed by atoms with Crippen LogP contribution in [0.5, 0.6) is 0 Å². The predicted molar refractivity (Wildman–Crippen MR) is 95.9 cm³/mol. The second-order valence-electron chi connectivity index (χ2n) is 5.42. The molecule has 0 spiro atoms. The summed E-state index contributed by atoms with van der Waals surface area (Å²) in [6.07, 6.45) is 1.07. The Hall–Kier alpha value is -1.76. The summed E-state index contributed by atoms with van der Waals surface area (Å²) in [6, 6.07) is 7.71. The maximum atomic E-state index is 6.20. The van der Waals surface area contributed by atoms with Crippen molar-refractivity contribution < 1.29 is 0 Å². The van der Waals surface area contributed by atoms with Crippen molar-refractivity contribution in [3.8, 4) is 0 Å². The van der Waals surface area contributed by atoms with E-state index in [9.17, 15) is 0 Å². The highest BCUT2D eigenvalue weighted by Gasteiger charge is 2.23. The molecule has 1 aliphatic heterocycles. The Labute approximate surface area is 145 Å². The van der Waals surface area contributed by atoms with Crippen molar-refractivity contribution in [1.29, 1.82) is 0 Å². The quantitative estimate of drug-likeness (QED) is 0.784. The molecule has 1 saturated heterocycles. The smallest absolute Gasteiger partial charge is 0.223 e. The van der Waals surface area contributed by atoms with Gasteiger partial charge in [-0.05, 0) is 25.6 Å². The maximum absolute atomic E-state index is 6.20. The number of nitrogen functional groups attached to an aromatic ring is 1. The summed E-state index contributed by atoms with van der Waals surface area (Å²) in [7, 11) is 1.97. The van der Waals surface area contributed by atoms with Gasteiger partial charge in [0.1, 0.15) is 11.6 Å². The van der Waals surface area contributed by atoms with Crippen molar-refractivity contribution in [2.45, 2.75) is 12.5 Å². The largest absolute Gasteiger partial charge is 0.368 e. The third kappa shape index (κ3) is 3.60. The molecule has 6 nitrogen and oxygen atoms in total. The fourth-order valence-electron chi connectivity index (χ4n) is 2.62. The normalized spacial score (nSPS) is 17.5. The van der Waals surface area contributed by atoms with Crippen LogP contribution in [0.2, 0.25) is 10.0 Å². The number of hydrogen-bond donors (Lipinski definition) is 3. The second-order valence-corrected chi connectivity index (χ2v) is 6.20. The van der Waals surface area contributed by atoms with Gasteiger partial charge in [-0.25, -0.2) is 0 Å². The van der Waals surface area contributed by atoms with Gasteiger partial charge in [0.05, 0.1) is 15.7 Å². The lowest BCUT2D eigenvalue weighted by molar-refractivity contribution is 0.616. The van der Waals surface area contributed by atoms with Gasteiger partial charge < -0.3 is 21.3 Å². The van der Waals surface area contributed by atoms with Crippen LogP contribution in [0.1, 0.15) is 6.42 Å². The molecule has 0 radical (unpaired) electrons. The number of nitrogens with zero attached hydrogens (tertiary/aromatic N) is 3. The van der Waals surface area contributed by atoms with Crippen molar-refractivity contribution in [3.05, 3.63) is 34.3 Å². The second kappa shape index (κ2) is 6.78. The number of rotatable bonds is 4. The van der Waals surface area contributed by atoms with E-state index in [1.54, 1.807) is 6.07 Å². The van der Waals surface area contributed by atoms with Gasteiger partial charge in [0.2, 0.25) is 5.95 Å². The van der Waals surface area contributed by atoms with E-state index in [0.29, 0.717) is 27.6 Å². The topological polar surface area (TPSA) is 79.1 Å². The lowest BCUT2D eigenvalue weighted by Gasteiger charge is -2.19. The van der Waals surface area contributed by atoms with E-state index in [2.05, 4.69) is 25.5 Å². The van der Waals surface area contributed by atoms with Gasteiger partial charge in [0.25, 0.3) is 0 Å². The average molecular weight is 353 g/mol. The summed E-state index contributed by atoms with van der Waals surface area (Å²) in [5.41, 5.74) is 6.53. The number of benzene rings is 1. The standard InChI is InChI=1S/C15H18Cl2N6/c1-19-9-5-6-23(8-9)13-7-12(21-15(18)22-13)20-11-4-2-3-10(16)14(11)17/h2-4,7,9,19H,5-6,8H2,1H3,(H3,18,20,21,22)/t9-/m1/s1. The molecule has 23 heavy (non-hydrogen) atoms. The molecule has 1 aliphatic rings. The molecule has 0 aliphatic carbocycles. The lowest BCUT2D eigenvalue weighted by Crippen LogP contribution is -2.30. The molecule has 2 heterocycles. The molecule has 0 amide bonds. The Morgan fingerprint density at radius 1 is 1.30 bits per heavy atom. The number of halogens is 2. The number of nitrogens with two attached hydrogens (primary N) is 1. The molecule has 0 saturated carbocycles. The molecule has 1 aromatic carbocycles. The van der Waals surface area contributed by atoms with Crippen LogP contribution in [0.4, 0.5) is 23.3 Å². The van der Waals surface area contributed by atoms with E-state index in [1.165, 1.54) is 0 Å². The summed E-state index contributed by atoms with van der Waals surface area (Å²) in [5, 5.41) is 7.37. The molecular weight excluding hydrogens is 335 g/mol. The number of likely N-dealkylation sites (N-methyl/N-ethyl adjacent to an activating group) is 1. The average Bonchev–Trinajstić information content (AvgIpc) is 3.00. The summed E-state index contributed by atoms with van der Waals surface area (Å²) in [5.74, 6) is 1.61. The van der Waals surface area contributed by atoms with Crippen LogP contribution in [0.25, 0.3) is 0 Å². The van der Waals surface area contributed by atoms with E-state index in [0.717, 1.165) is 25.3 Å². The van der Waals surface area contributed by atoms with Gasteiger partial charge in [-0.3, -0.25) is 0 Å². The van der Waals surface area contributed by atoms with E-state index < -0.39 is 0 Å². The van der Waals surface area contributed by atoms with E-state index >= 15 is 0 Å². The highest BCUT2D eigenvalue weighted by atomic mass is 35.5. The molecule has 1 fully saturated rings. The number of aromatic nitrogens is 2. The molecule has 1 aromatic heterocycles. The Morgan fingerprint density at radius 3 is 2.87 bits per heavy atom. The summed E-state index contributed by atoms with van der Waals surface area (Å²) in [6.45, 7) is 1.82. The van der Waals surface area contributed by atoms with Gasteiger partial charge in [-0.15, -0.1) is 0 Å². The molecule has 0 bridgehead atoms. The summed E-state index contributed by atoms with van der Waals surface area (Å²) in [4.78, 5) is 10.7. The van der Waals surface area contributed by atoms with E-state index in [-0.39, 0.29) is 5.95 Å². The first-order valence-corrected chi connectivity index (χ1v) is 8.10. The highest BCUT2D eigenvalue weighted by Crippen LogP contribution is 2.32. The predicted octanol–water partition coefficient (Wildman–Crippen LogP) is 2.91. The minimum Gasteiger partial charge on any atom is -0.368 e. The van der Waals surface area contributed by atoms with Crippen LogP contribution < -0.4 is 21.3 Å². The van der Waals surface area contributed by atoms with Gasteiger partial charge in [0, 0.05) is 25.2 Å². The number of anilines is 4. The molecule has 8 heteroatoms. The van der Waals surface area contributed by atoms with Crippen LogP contribution in [-0.4, -0.2) is 36.1 Å². The van der Waals surface area contributed by atoms with Crippen LogP contribution in [-0.2, 0) is 0 Å². The summed E-state index contributed by atoms with van der Waals surface area (Å²) < 4.78 is 0. The molecule has 2 aromatic rings. The fourth-order valence-corrected chi connectivity index (χ4v) is 2.97. The Bertz CT molecular complexity index is 708. The third-order valence-corrected chi connectivity index (χ3v) is 4.68. The van der Waals surface area contributed by atoms with Gasteiger partial charge in [0.15, 0.2) is 0 Å². The van der Waals surface area contributed by atoms with E-state index in [1.807, 2.05) is 25.2 Å². The number of nitrogens with one attached hydrogen (secondary N) is 2. The first-order valence-electron chi connectivity index (χ1n) is 7.34.